The van der Waals surface area contributed by atoms with Gasteiger partial charge in [-0.25, -0.2) is 4.79 Å². The summed E-state index contributed by atoms with van der Waals surface area (Å²) in [4.78, 5) is 22.0. The lowest BCUT2D eigenvalue weighted by Crippen LogP contribution is -2.45. The SMILES string of the molecule is COC(=O)C(NC(=O)CCl)C(C)C. The summed E-state index contributed by atoms with van der Waals surface area (Å²) in [6.07, 6.45) is 0. The van der Waals surface area contributed by atoms with E-state index in [1.165, 1.54) is 7.11 Å². The first kappa shape index (κ1) is 12.2. The van der Waals surface area contributed by atoms with Gasteiger partial charge in [0.2, 0.25) is 5.91 Å². The van der Waals surface area contributed by atoms with Crippen LogP contribution in [0.25, 0.3) is 0 Å². The molecule has 0 aliphatic carbocycles. The maximum atomic E-state index is 11.1. The lowest BCUT2D eigenvalue weighted by atomic mass is 10.1. The largest absolute Gasteiger partial charge is 0.467 e. The van der Waals surface area contributed by atoms with Crippen LogP contribution in [0.5, 0.6) is 0 Å². The molecule has 1 N–H and O–H groups in total. The summed E-state index contributed by atoms with van der Waals surface area (Å²) in [6.45, 7) is 3.63. The van der Waals surface area contributed by atoms with Crippen molar-refractivity contribution in [2.45, 2.75) is 19.9 Å². The molecule has 0 fully saturated rings. The number of esters is 1. The van der Waals surface area contributed by atoms with Gasteiger partial charge in [-0.2, -0.15) is 0 Å². The predicted octanol–water partition coefficient (Wildman–Crippen LogP) is 0.539. The highest BCUT2D eigenvalue weighted by atomic mass is 35.5. The molecule has 0 radical (unpaired) electrons. The lowest BCUT2D eigenvalue weighted by molar-refractivity contribution is -0.146. The van der Waals surface area contributed by atoms with Crippen LogP contribution in [-0.4, -0.2) is 30.9 Å². The van der Waals surface area contributed by atoms with Crippen molar-refractivity contribution in [1.82, 2.24) is 5.32 Å². The Bertz CT molecular complexity index is 194. The van der Waals surface area contributed by atoms with Crippen molar-refractivity contribution >= 4 is 23.5 Å². The van der Waals surface area contributed by atoms with E-state index in [1.807, 2.05) is 13.8 Å². The zero-order chi connectivity index (χ0) is 10.4. The molecule has 0 aromatic rings. The minimum atomic E-state index is -0.615. The molecule has 0 bridgehead atoms. The molecule has 0 spiro atoms. The van der Waals surface area contributed by atoms with Gasteiger partial charge in [-0.1, -0.05) is 13.8 Å². The Labute approximate surface area is 82.6 Å². The van der Waals surface area contributed by atoms with Crippen LogP contribution in [0, 0.1) is 5.92 Å². The van der Waals surface area contributed by atoms with E-state index in [0.717, 1.165) is 0 Å². The zero-order valence-corrected chi connectivity index (χ0v) is 8.72. The molecule has 0 aliphatic rings. The third kappa shape index (κ3) is 4.12. The summed E-state index contributed by atoms with van der Waals surface area (Å²) in [6, 6.07) is -0.615. The van der Waals surface area contributed by atoms with Crippen LogP contribution in [0.3, 0.4) is 0 Å². The summed E-state index contributed by atoms with van der Waals surface area (Å²) < 4.78 is 4.52. The Morgan fingerprint density at radius 1 is 1.46 bits per heavy atom. The summed E-state index contributed by atoms with van der Waals surface area (Å²) in [5, 5.41) is 2.47. The smallest absolute Gasteiger partial charge is 0.328 e. The summed E-state index contributed by atoms with van der Waals surface area (Å²) >= 11 is 5.28. The van der Waals surface area contributed by atoms with E-state index in [0.29, 0.717) is 0 Å². The highest BCUT2D eigenvalue weighted by Gasteiger charge is 2.24. The van der Waals surface area contributed by atoms with E-state index in [4.69, 9.17) is 11.6 Å². The van der Waals surface area contributed by atoms with Gasteiger partial charge in [0.25, 0.3) is 0 Å². The number of carbonyl (C=O) groups is 2. The molecule has 1 atom stereocenters. The van der Waals surface area contributed by atoms with E-state index >= 15 is 0 Å². The maximum absolute atomic E-state index is 11.1. The molecule has 4 nitrogen and oxygen atoms in total. The van der Waals surface area contributed by atoms with Crippen LogP contribution in [0.1, 0.15) is 13.8 Å². The lowest BCUT2D eigenvalue weighted by Gasteiger charge is -2.18. The highest BCUT2D eigenvalue weighted by molar-refractivity contribution is 6.27. The molecule has 76 valence electrons. The first-order valence-corrected chi connectivity index (χ1v) is 4.49. The fourth-order valence-electron chi connectivity index (χ4n) is 0.837. The van der Waals surface area contributed by atoms with Crippen LogP contribution >= 0.6 is 11.6 Å². The number of hydrogen-bond acceptors (Lipinski definition) is 3. The van der Waals surface area contributed by atoms with Gasteiger partial charge in [0.1, 0.15) is 11.9 Å². The van der Waals surface area contributed by atoms with Crippen molar-refractivity contribution in [2.24, 2.45) is 5.92 Å². The van der Waals surface area contributed by atoms with Crippen molar-refractivity contribution in [1.29, 1.82) is 0 Å². The summed E-state index contributed by atoms with van der Waals surface area (Å²) in [7, 11) is 1.28. The van der Waals surface area contributed by atoms with Gasteiger partial charge < -0.3 is 10.1 Å². The second kappa shape index (κ2) is 5.80. The average Bonchev–Trinajstić information content (AvgIpc) is 2.11. The van der Waals surface area contributed by atoms with Crippen LogP contribution in [0.2, 0.25) is 0 Å². The highest BCUT2D eigenvalue weighted by Crippen LogP contribution is 2.03. The van der Waals surface area contributed by atoms with Gasteiger partial charge in [0, 0.05) is 0 Å². The quantitative estimate of drug-likeness (QED) is 0.541. The number of ether oxygens (including phenoxy) is 1. The Morgan fingerprint density at radius 2 is 2.00 bits per heavy atom. The van der Waals surface area contributed by atoms with Crippen molar-refractivity contribution in [2.75, 3.05) is 13.0 Å². The van der Waals surface area contributed by atoms with Gasteiger partial charge >= 0.3 is 5.97 Å². The molecule has 0 aromatic heterocycles. The topological polar surface area (TPSA) is 55.4 Å². The van der Waals surface area contributed by atoms with Crippen molar-refractivity contribution in [3.63, 3.8) is 0 Å². The molecular weight excluding hydrogens is 194 g/mol. The predicted molar refractivity (Wildman–Crippen MR) is 49.5 cm³/mol. The molecule has 0 aromatic carbocycles. The number of halogens is 1. The standard InChI is InChI=1S/C8H14ClNO3/c1-5(2)7(8(12)13-3)10-6(11)4-9/h5,7H,4H2,1-3H3,(H,10,11). The number of alkyl halides is 1. The van der Waals surface area contributed by atoms with Gasteiger partial charge in [-0.15, -0.1) is 11.6 Å². The Hall–Kier alpha value is -0.770. The zero-order valence-electron chi connectivity index (χ0n) is 7.96. The molecule has 0 heterocycles. The summed E-state index contributed by atoms with van der Waals surface area (Å²) in [5.41, 5.74) is 0. The number of methoxy groups -OCH3 is 1. The molecule has 1 unspecified atom stereocenters. The van der Waals surface area contributed by atoms with Gasteiger partial charge in [-0.3, -0.25) is 4.79 Å². The van der Waals surface area contributed by atoms with E-state index in [2.05, 4.69) is 10.1 Å². The Balaban J connectivity index is 4.26. The van der Waals surface area contributed by atoms with Gasteiger partial charge in [0.15, 0.2) is 0 Å². The third-order valence-corrected chi connectivity index (χ3v) is 1.80. The molecular formula is C8H14ClNO3. The monoisotopic (exact) mass is 207 g/mol. The number of carbonyl (C=O) groups excluding carboxylic acids is 2. The van der Waals surface area contributed by atoms with Crippen molar-refractivity contribution in [3.8, 4) is 0 Å². The number of hydrogen-bond donors (Lipinski definition) is 1. The Kier molecular flexibility index (Phi) is 5.46. The Morgan fingerprint density at radius 3 is 2.31 bits per heavy atom. The number of amides is 1. The van der Waals surface area contributed by atoms with Crippen LogP contribution in [0.4, 0.5) is 0 Å². The fraction of sp³-hybridized carbons (Fsp3) is 0.750. The molecule has 1 amide bonds. The maximum Gasteiger partial charge on any atom is 0.328 e. The van der Waals surface area contributed by atoms with E-state index in [-0.39, 0.29) is 17.7 Å². The normalized spacial score (nSPS) is 12.4. The van der Waals surface area contributed by atoms with Gasteiger partial charge in [0.05, 0.1) is 7.11 Å². The van der Waals surface area contributed by atoms with E-state index < -0.39 is 12.0 Å². The van der Waals surface area contributed by atoms with E-state index in [9.17, 15) is 9.59 Å². The molecule has 0 aliphatic heterocycles. The molecule has 0 saturated heterocycles. The first-order valence-electron chi connectivity index (χ1n) is 3.96. The second-order valence-corrected chi connectivity index (χ2v) is 3.21. The van der Waals surface area contributed by atoms with Crippen LogP contribution < -0.4 is 5.32 Å². The summed E-state index contributed by atoms with van der Waals surface area (Å²) in [5.74, 6) is -0.987. The number of rotatable bonds is 4. The fourth-order valence-corrected chi connectivity index (χ4v) is 0.914. The second-order valence-electron chi connectivity index (χ2n) is 2.95. The molecule has 13 heavy (non-hydrogen) atoms. The number of nitrogens with one attached hydrogen (secondary N) is 1. The van der Waals surface area contributed by atoms with Crippen molar-refractivity contribution < 1.29 is 14.3 Å². The molecule has 5 heteroatoms. The minimum absolute atomic E-state index is 0.0142. The van der Waals surface area contributed by atoms with Crippen molar-refractivity contribution in [3.05, 3.63) is 0 Å². The van der Waals surface area contributed by atoms with Gasteiger partial charge in [-0.05, 0) is 5.92 Å². The van der Waals surface area contributed by atoms with Crippen LogP contribution in [-0.2, 0) is 14.3 Å². The average molecular weight is 208 g/mol. The third-order valence-electron chi connectivity index (χ3n) is 1.56. The first-order chi connectivity index (χ1) is 6.02. The van der Waals surface area contributed by atoms with Crippen LogP contribution in [0.15, 0.2) is 0 Å². The van der Waals surface area contributed by atoms with E-state index in [1.54, 1.807) is 0 Å². The minimum Gasteiger partial charge on any atom is -0.467 e. The molecule has 0 rings (SSSR count). The molecule has 0 saturated carbocycles.